The fourth-order valence-electron chi connectivity index (χ4n) is 2.00. The van der Waals surface area contributed by atoms with E-state index in [1.54, 1.807) is 31.2 Å². The van der Waals surface area contributed by atoms with Gasteiger partial charge in [0, 0.05) is 6.20 Å². The van der Waals surface area contributed by atoms with E-state index in [1.807, 2.05) is 0 Å². The minimum Gasteiger partial charge on any atom is -0.482 e. The Morgan fingerprint density at radius 1 is 1.21 bits per heavy atom. The maximum absolute atomic E-state index is 12.1. The van der Waals surface area contributed by atoms with Crippen LogP contribution in [0.2, 0.25) is 15.1 Å². The van der Waals surface area contributed by atoms with Crippen molar-refractivity contribution in [2.24, 2.45) is 0 Å². The van der Waals surface area contributed by atoms with Crippen molar-refractivity contribution >= 4 is 58.3 Å². The van der Waals surface area contributed by atoms with Crippen LogP contribution in [-0.2, 0) is 11.4 Å². The number of rotatable bonds is 7. The molecular formula is C17H13Cl3N4O3S. The molecule has 0 aliphatic carbocycles. The Hall–Kier alpha value is -2.00. The van der Waals surface area contributed by atoms with E-state index >= 15 is 0 Å². The number of nitrogens with one attached hydrogen (secondary N) is 1. The fraction of sp³-hybridized carbons (Fsp3) is 0.176. The van der Waals surface area contributed by atoms with Crippen LogP contribution in [-0.4, -0.2) is 26.8 Å². The van der Waals surface area contributed by atoms with Gasteiger partial charge in [0.25, 0.3) is 11.1 Å². The second kappa shape index (κ2) is 9.47. The highest BCUT2D eigenvalue weighted by atomic mass is 35.5. The van der Waals surface area contributed by atoms with Crippen molar-refractivity contribution in [1.29, 1.82) is 0 Å². The number of hydrogen-bond donors (Lipinski definition) is 1. The van der Waals surface area contributed by atoms with Gasteiger partial charge in [-0.25, -0.2) is 4.98 Å². The number of para-hydroxylation sites is 1. The Morgan fingerprint density at radius 3 is 2.79 bits per heavy atom. The summed E-state index contributed by atoms with van der Waals surface area (Å²) in [4.78, 5) is 16.1. The molecule has 7 nitrogen and oxygen atoms in total. The number of halogens is 3. The third-order valence-corrected chi connectivity index (χ3v) is 5.40. The summed E-state index contributed by atoms with van der Waals surface area (Å²) in [5.41, 5.74) is 0.640. The molecule has 0 spiro atoms. The molecule has 11 heteroatoms. The van der Waals surface area contributed by atoms with Crippen molar-refractivity contribution < 1.29 is 13.9 Å². The van der Waals surface area contributed by atoms with Crippen LogP contribution in [0.3, 0.4) is 0 Å². The number of hydrogen-bond acceptors (Lipinski definition) is 7. The average molecular weight is 460 g/mol. The number of benzene rings is 1. The first-order valence-corrected chi connectivity index (χ1v) is 9.99. The molecule has 3 rings (SSSR count). The number of thioether (sulfide) groups is 1. The summed E-state index contributed by atoms with van der Waals surface area (Å²) in [6.45, 7) is 1.80. The number of aromatic nitrogens is 3. The summed E-state index contributed by atoms with van der Waals surface area (Å²) in [6.07, 6.45) is 1.43. The molecule has 1 aromatic carbocycles. The van der Waals surface area contributed by atoms with Gasteiger partial charge in [-0.1, -0.05) is 58.7 Å². The third-order valence-electron chi connectivity index (χ3n) is 3.42. The number of pyridine rings is 1. The van der Waals surface area contributed by atoms with Gasteiger partial charge in [0.05, 0.1) is 20.8 Å². The topological polar surface area (TPSA) is 90.1 Å². The van der Waals surface area contributed by atoms with E-state index in [0.717, 1.165) is 11.8 Å². The standard InChI is InChI=1S/C17H13Cl3N4O3S/c1-9-11(19)6-21-16(15(9)20)22-13(25)8-28-17-24-23-14(27-17)7-26-12-5-3-2-4-10(12)18/h2-6H,7-8H2,1H3,(H,21,22,25). The first-order chi connectivity index (χ1) is 13.4. The predicted molar refractivity (Wildman–Crippen MR) is 108 cm³/mol. The molecule has 3 aromatic rings. The van der Waals surface area contributed by atoms with Crippen LogP contribution in [0.15, 0.2) is 40.1 Å². The lowest BCUT2D eigenvalue weighted by Gasteiger charge is -2.08. The zero-order valence-corrected chi connectivity index (χ0v) is 17.5. The van der Waals surface area contributed by atoms with Crippen molar-refractivity contribution in [2.75, 3.05) is 11.1 Å². The van der Waals surface area contributed by atoms with Gasteiger partial charge in [-0.3, -0.25) is 4.79 Å². The van der Waals surface area contributed by atoms with Gasteiger partial charge in [0.1, 0.15) is 5.75 Å². The molecule has 146 valence electrons. The highest BCUT2D eigenvalue weighted by molar-refractivity contribution is 7.99. The molecule has 1 N–H and O–H groups in total. The lowest BCUT2D eigenvalue weighted by molar-refractivity contribution is -0.113. The fourth-order valence-corrected chi connectivity index (χ4v) is 3.16. The second-order valence-electron chi connectivity index (χ2n) is 5.41. The Balaban J connectivity index is 1.51. The lowest BCUT2D eigenvalue weighted by Crippen LogP contribution is -2.15. The Labute approximate surface area is 179 Å². The van der Waals surface area contributed by atoms with Crippen LogP contribution < -0.4 is 10.1 Å². The molecule has 0 aliphatic heterocycles. The first kappa shape index (κ1) is 20.7. The maximum Gasteiger partial charge on any atom is 0.277 e. The first-order valence-electron chi connectivity index (χ1n) is 7.87. The molecule has 2 heterocycles. The second-order valence-corrected chi connectivity index (χ2v) is 7.53. The van der Waals surface area contributed by atoms with Crippen molar-refractivity contribution in [3.63, 3.8) is 0 Å². The van der Waals surface area contributed by atoms with Gasteiger partial charge < -0.3 is 14.5 Å². The molecule has 0 fully saturated rings. The molecule has 0 radical (unpaired) electrons. The quantitative estimate of drug-likeness (QED) is 0.495. The highest BCUT2D eigenvalue weighted by Gasteiger charge is 2.14. The summed E-state index contributed by atoms with van der Waals surface area (Å²) in [7, 11) is 0. The lowest BCUT2D eigenvalue weighted by atomic mass is 10.3. The van der Waals surface area contributed by atoms with Crippen LogP contribution >= 0.6 is 46.6 Å². The van der Waals surface area contributed by atoms with E-state index < -0.39 is 0 Å². The van der Waals surface area contributed by atoms with Gasteiger partial charge in [0.2, 0.25) is 5.91 Å². The van der Waals surface area contributed by atoms with E-state index in [2.05, 4.69) is 20.5 Å². The molecule has 0 saturated carbocycles. The summed E-state index contributed by atoms with van der Waals surface area (Å²) < 4.78 is 11.0. The third kappa shape index (κ3) is 5.29. The molecule has 0 atom stereocenters. The molecule has 28 heavy (non-hydrogen) atoms. The molecule has 2 aromatic heterocycles. The average Bonchev–Trinajstić information content (AvgIpc) is 3.14. The molecule has 0 aliphatic rings. The van der Waals surface area contributed by atoms with Gasteiger partial charge in [-0.2, -0.15) is 0 Å². The number of anilines is 1. The van der Waals surface area contributed by atoms with E-state index in [9.17, 15) is 4.79 Å². The highest BCUT2D eigenvalue weighted by Crippen LogP contribution is 2.29. The summed E-state index contributed by atoms with van der Waals surface area (Å²) >= 11 is 19.1. The molecule has 0 saturated heterocycles. The number of nitrogens with zero attached hydrogens (tertiary/aromatic N) is 3. The van der Waals surface area contributed by atoms with Crippen molar-refractivity contribution in [2.45, 2.75) is 18.8 Å². The van der Waals surface area contributed by atoms with Crippen molar-refractivity contribution in [3.8, 4) is 5.75 Å². The largest absolute Gasteiger partial charge is 0.482 e. The van der Waals surface area contributed by atoms with E-state index in [4.69, 9.17) is 44.0 Å². The van der Waals surface area contributed by atoms with E-state index in [0.29, 0.717) is 26.4 Å². The normalized spacial score (nSPS) is 10.7. The summed E-state index contributed by atoms with van der Waals surface area (Å²) in [5.74, 6) is 0.730. The van der Waals surface area contributed by atoms with Crippen LogP contribution in [0.5, 0.6) is 5.75 Å². The van der Waals surface area contributed by atoms with E-state index in [1.165, 1.54) is 6.20 Å². The number of carbonyl (C=O) groups is 1. The number of ether oxygens (including phenoxy) is 1. The number of amides is 1. The molecule has 0 unspecified atom stereocenters. The minimum atomic E-state index is -0.326. The van der Waals surface area contributed by atoms with Crippen LogP contribution in [0.4, 0.5) is 5.82 Å². The monoisotopic (exact) mass is 458 g/mol. The van der Waals surface area contributed by atoms with E-state index in [-0.39, 0.29) is 35.2 Å². The molecule has 0 bridgehead atoms. The zero-order chi connectivity index (χ0) is 20.1. The predicted octanol–water partition coefficient (Wildman–Crippen LogP) is 5.04. The van der Waals surface area contributed by atoms with Gasteiger partial charge in [0.15, 0.2) is 12.4 Å². The Morgan fingerprint density at radius 2 is 2.00 bits per heavy atom. The van der Waals surface area contributed by atoms with Gasteiger partial charge in [-0.15, -0.1) is 10.2 Å². The van der Waals surface area contributed by atoms with Gasteiger partial charge in [-0.05, 0) is 24.6 Å². The van der Waals surface area contributed by atoms with Crippen LogP contribution in [0, 0.1) is 6.92 Å². The Bertz CT molecular complexity index is 1000. The smallest absolute Gasteiger partial charge is 0.277 e. The Kier molecular flexibility index (Phi) is 7.01. The summed E-state index contributed by atoms with van der Waals surface area (Å²) in [6, 6.07) is 7.05. The van der Waals surface area contributed by atoms with Crippen molar-refractivity contribution in [3.05, 3.63) is 57.0 Å². The van der Waals surface area contributed by atoms with Gasteiger partial charge >= 0.3 is 0 Å². The SMILES string of the molecule is Cc1c(Cl)cnc(NC(=O)CSc2nnc(COc3ccccc3Cl)o2)c1Cl. The number of carbonyl (C=O) groups excluding carboxylic acids is 1. The van der Waals surface area contributed by atoms with Crippen LogP contribution in [0.1, 0.15) is 11.5 Å². The molecule has 1 amide bonds. The summed E-state index contributed by atoms with van der Waals surface area (Å²) in [5, 5.41) is 11.8. The molecular weight excluding hydrogens is 447 g/mol. The van der Waals surface area contributed by atoms with Crippen LogP contribution in [0.25, 0.3) is 0 Å². The van der Waals surface area contributed by atoms with Crippen molar-refractivity contribution in [1.82, 2.24) is 15.2 Å². The zero-order valence-electron chi connectivity index (χ0n) is 14.4. The maximum atomic E-state index is 12.1. The minimum absolute atomic E-state index is 0.0344.